The van der Waals surface area contributed by atoms with Crippen LogP contribution in [-0.2, 0) is 0 Å². The zero-order valence-electron chi connectivity index (χ0n) is 14.5. The molecule has 1 saturated carbocycles. The van der Waals surface area contributed by atoms with Gasteiger partial charge in [-0.3, -0.25) is 0 Å². The molecule has 0 saturated heterocycles. The Kier molecular flexibility index (Phi) is 9.59. The second-order valence-corrected chi connectivity index (χ2v) is 7.43. The molecule has 20 heavy (non-hydrogen) atoms. The van der Waals surface area contributed by atoms with E-state index < -0.39 is 0 Å². The van der Waals surface area contributed by atoms with Gasteiger partial charge in [-0.1, -0.05) is 72.1 Å². The Morgan fingerprint density at radius 3 is 2.20 bits per heavy atom. The van der Waals surface area contributed by atoms with Crippen molar-refractivity contribution in [1.29, 1.82) is 0 Å². The van der Waals surface area contributed by atoms with E-state index in [1.807, 2.05) is 0 Å². The Morgan fingerprint density at radius 2 is 1.55 bits per heavy atom. The van der Waals surface area contributed by atoms with E-state index in [0.717, 1.165) is 6.04 Å². The minimum atomic E-state index is 0.646. The maximum Gasteiger partial charge on any atom is 0.00724 e. The summed E-state index contributed by atoms with van der Waals surface area (Å²) in [4.78, 5) is 0. The third-order valence-electron chi connectivity index (χ3n) is 5.15. The van der Waals surface area contributed by atoms with E-state index in [2.05, 4.69) is 26.1 Å². The highest BCUT2D eigenvalue weighted by molar-refractivity contribution is 4.89. The average Bonchev–Trinajstić information content (AvgIpc) is 2.81. The SMILES string of the molecule is CCCCCCCCCCC1(C)CCC(NCCC)C1. The zero-order chi connectivity index (χ0) is 14.7. The molecule has 0 spiro atoms. The highest BCUT2D eigenvalue weighted by Crippen LogP contribution is 2.42. The van der Waals surface area contributed by atoms with Crippen LogP contribution in [0.5, 0.6) is 0 Å². The minimum Gasteiger partial charge on any atom is -0.314 e. The maximum atomic E-state index is 3.72. The van der Waals surface area contributed by atoms with Crippen molar-refractivity contribution in [3.8, 4) is 0 Å². The number of hydrogen-bond donors (Lipinski definition) is 1. The number of hydrogen-bond acceptors (Lipinski definition) is 1. The van der Waals surface area contributed by atoms with Crippen molar-refractivity contribution in [3.63, 3.8) is 0 Å². The van der Waals surface area contributed by atoms with Gasteiger partial charge in [-0.15, -0.1) is 0 Å². The molecule has 2 unspecified atom stereocenters. The van der Waals surface area contributed by atoms with E-state index >= 15 is 0 Å². The fourth-order valence-corrected chi connectivity index (χ4v) is 3.76. The van der Waals surface area contributed by atoms with Crippen LogP contribution in [0.15, 0.2) is 0 Å². The molecule has 1 nitrogen and oxygen atoms in total. The van der Waals surface area contributed by atoms with Crippen LogP contribution in [0.3, 0.4) is 0 Å². The largest absolute Gasteiger partial charge is 0.314 e. The molecule has 0 radical (unpaired) electrons. The lowest BCUT2D eigenvalue weighted by atomic mass is 9.83. The van der Waals surface area contributed by atoms with Crippen LogP contribution in [0, 0.1) is 5.41 Å². The molecule has 0 aromatic heterocycles. The highest BCUT2D eigenvalue weighted by Gasteiger charge is 2.33. The van der Waals surface area contributed by atoms with E-state index in [1.54, 1.807) is 0 Å². The quantitative estimate of drug-likeness (QED) is 0.428. The van der Waals surface area contributed by atoms with Crippen LogP contribution in [0.25, 0.3) is 0 Å². The standard InChI is InChI=1S/C19H39N/c1-4-6-7-8-9-10-11-12-14-19(3)15-13-18(17-19)20-16-5-2/h18,20H,4-17H2,1-3H3. The fraction of sp³-hybridized carbons (Fsp3) is 1.00. The summed E-state index contributed by atoms with van der Waals surface area (Å²) in [5.41, 5.74) is 0.646. The number of unbranched alkanes of at least 4 members (excludes halogenated alkanes) is 7. The zero-order valence-corrected chi connectivity index (χ0v) is 14.5. The molecule has 0 amide bonds. The van der Waals surface area contributed by atoms with Crippen LogP contribution in [0.4, 0.5) is 0 Å². The van der Waals surface area contributed by atoms with E-state index in [0.29, 0.717) is 5.41 Å². The summed E-state index contributed by atoms with van der Waals surface area (Å²) in [5.74, 6) is 0. The van der Waals surface area contributed by atoms with Crippen molar-refractivity contribution in [2.45, 2.75) is 110 Å². The van der Waals surface area contributed by atoms with Crippen molar-refractivity contribution in [3.05, 3.63) is 0 Å². The predicted molar refractivity (Wildman–Crippen MR) is 91.3 cm³/mol. The molecule has 2 atom stereocenters. The first kappa shape index (κ1) is 18.0. The van der Waals surface area contributed by atoms with E-state index in [-0.39, 0.29) is 0 Å². The van der Waals surface area contributed by atoms with Gasteiger partial charge in [0.2, 0.25) is 0 Å². The molecule has 1 aliphatic carbocycles. The van der Waals surface area contributed by atoms with Gasteiger partial charge >= 0.3 is 0 Å². The fourth-order valence-electron chi connectivity index (χ4n) is 3.76. The Labute approximate surface area is 128 Å². The smallest absolute Gasteiger partial charge is 0.00724 e. The molecule has 1 aliphatic rings. The topological polar surface area (TPSA) is 12.0 Å². The summed E-state index contributed by atoms with van der Waals surface area (Å²) in [7, 11) is 0. The normalized spacial score (nSPS) is 26.2. The molecular formula is C19H39N. The first-order chi connectivity index (χ1) is 9.70. The third kappa shape index (κ3) is 7.67. The molecular weight excluding hydrogens is 242 g/mol. The molecule has 120 valence electrons. The Morgan fingerprint density at radius 1 is 0.900 bits per heavy atom. The second kappa shape index (κ2) is 10.7. The van der Waals surface area contributed by atoms with E-state index in [4.69, 9.17) is 0 Å². The Bertz CT molecular complexity index is 226. The van der Waals surface area contributed by atoms with E-state index in [9.17, 15) is 0 Å². The van der Waals surface area contributed by atoms with Gasteiger partial charge in [0, 0.05) is 6.04 Å². The van der Waals surface area contributed by atoms with Gasteiger partial charge in [-0.2, -0.15) is 0 Å². The maximum absolute atomic E-state index is 3.72. The van der Waals surface area contributed by atoms with Crippen molar-refractivity contribution in [1.82, 2.24) is 5.32 Å². The molecule has 0 aliphatic heterocycles. The molecule has 1 N–H and O–H groups in total. The van der Waals surface area contributed by atoms with Gasteiger partial charge < -0.3 is 5.32 Å². The molecule has 0 aromatic rings. The lowest BCUT2D eigenvalue weighted by Gasteiger charge is -2.24. The van der Waals surface area contributed by atoms with Crippen LogP contribution < -0.4 is 5.32 Å². The van der Waals surface area contributed by atoms with Gasteiger partial charge in [0.1, 0.15) is 0 Å². The molecule has 0 aromatic carbocycles. The first-order valence-electron chi connectivity index (χ1n) is 9.43. The summed E-state index contributed by atoms with van der Waals surface area (Å²) in [5, 5.41) is 3.72. The minimum absolute atomic E-state index is 0.646. The van der Waals surface area contributed by atoms with Gasteiger partial charge in [-0.25, -0.2) is 0 Å². The Hall–Kier alpha value is -0.0400. The van der Waals surface area contributed by atoms with Crippen molar-refractivity contribution < 1.29 is 0 Å². The highest BCUT2D eigenvalue weighted by atomic mass is 14.9. The first-order valence-corrected chi connectivity index (χ1v) is 9.43. The average molecular weight is 282 g/mol. The molecule has 1 rings (SSSR count). The van der Waals surface area contributed by atoms with E-state index in [1.165, 1.54) is 90.0 Å². The van der Waals surface area contributed by atoms with Crippen LogP contribution in [0.1, 0.15) is 104 Å². The number of nitrogens with one attached hydrogen (secondary N) is 1. The summed E-state index contributed by atoms with van der Waals surface area (Å²) in [6, 6.07) is 0.814. The Balaban J connectivity index is 1.98. The van der Waals surface area contributed by atoms with Crippen molar-refractivity contribution in [2.75, 3.05) is 6.54 Å². The molecule has 0 bridgehead atoms. The second-order valence-electron chi connectivity index (χ2n) is 7.43. The van der Waals surface area contributed by atoms with Crippen LogP contribution in [-0.4, -0.2) is 12.6 Å². The van der Waals surface area contributed by atoms with Crippen molar-refractivity contribution in [2.24, 2.45) is 5.41 Å². The molecule has 1 heteroatoms. The molecule has 1 fully saturated rings. The van der Waals surface area contributed by atoms with Crippen LogP contribution in [0.2, 0.25) is 0 Å². The molecule has 0 heterocycles. The summed E-state index contributed by atoms with van der Waals surface area (Å²) in [6.45, 7) is 8.30. The van der Waals surface area contributed by atoms with Gasteiger partial charge in [0.15, 0.2) is 0 Å². The summed E-state index contributed by atoms with van der Waals surface area (Å²) in [6.07, 6.45) is 18.6. The predicted octanol–water partition coefficient (Wildman–Crippen LogP) is 6.08. The van der Waals surface area contributed by atoms with Crippen LogP contribution >= 0.6 is 0 Å². The third-order valence-corrected chi connectivity index (χ3v) is 5.15. The van der Waals surface area contributed by atoms with Crippen molar-refractivity contribution >= 4 is 0 Å². The van der Waals surface area contributed by atoms with Gasteiger partial charge in [0.25, 0.3) is 0 Å². The number of rotatable bonds is 12. The lowest BCUT2D eigenvalue weighted by molar-refractivity contribution is 0.285. The lowest BCUT2D eigenvalue weighted by Crippen LogP contribution is -2.28. The van der Waals surface area contributed by atoms with Gasteiger partial charge in [-0.05, 0) is 44.1 Å². The van der Waals surface area contributed by atoms with Gasteiger partial charge in [0.05, 0.1) is 0 Å². The monoisotopic (exact) mass is 281 g/mol. The summed E-state index contributed by atoms with van der Waals surface area (Å²) >= 11 is 0. The summed E-state index contributed by atoms with van der Waals surface area (Å²) < 4.78 is 0.